The number of nitrogens with one attached hydrogen (secondary N) is 1. The summed E-state index contributed by atoms with van der Waals surface area (Å²) in [5.74, 6) is 1.87. The Balaban J connectivity index is 0.969. The van der Waals surface area contributed by atoms with Gasteiger partial charge in [-0.25, -0.2) is 0 Å². The molecule has 57 heavy (non-hydrogen) atoms. The van der Waals surface area contributed by atoms with Crippen molar-refractivity contribution in [3.8, 4) is 50.3 Å². The van der Waals surface area contributed by atoms with E-state index in [-0.39, 0.29) is 17.6 Å². The van der Waals surface area contributed by atoms with E-state index in [1.54, 1.807) is 0 Å². The lowest BCUT2D eigenvalue weighted by Crippen LogP contribution is -2.42. The molecule has 0 spiro atoms. The van der Waals surface area contributed by atoms with Crippen molar-refractivity contribution < 1.29 is 4.74 Å². The molecule has 3 aliphatic rings. The van der Waals surface area contributed by atoms with E-state index < -0.39 is 0 Å². The van der Waals surface area contributed by atoms with Crippen LogP contribution in [-0.4, -0.2) is 11.9 Å². The molecule has 0 amide bonds. The van der Waals surface area contributed by atoms with Gasteiger partial charge in [0.25, 0.3) is 0 Å². The highest BCUT2D eigenvalue weighted by Gasteiger charge is 2.42. The van der Waals surface area contributed by atoms with Crippen LogP contribution >= 0.6 is 0 Å². The summed E-state index contributed by atoms with van der Waals surface area (Å²) in [6.45, 7) is 4.80. The van der Waals surface area contributed by atoms with Gasteiger partial charge < -0.3 is 9.64 Å². The molecule has 8 aromatic carbocycles. The minimum absolute atomic E-state index is 0.0402. The number of benzene rings is 8. The van der Waals surface area contributed by atoms with Crippen LogP contribution in [0.1, 0.15) is 53.9 Å². The largest absolute Gasteiger partial charge is 0.457 e. The molecule has 2 aliphatic heterocycles. The first-order valence-corrected chi connectivity index (χ1v) is 20.0. The summed E-state index contributed by atoms with van der Waals surface area (Å²) in [5.41, 5.74) is 17.3. The monoisotopic (exact) mass is 734 g/mol. The smallest absolute Gasteiger partial charge is 0.150 e. The lowest BCUT2D eigenvalue weighted by molar-refractivity contribution is 0.230. The normalized spacial score (nSPS) is 17.5. The first-order valence-electron chi connectivity index (χ1n) is 20.0. The summed E-state index contributed by atoms with van der Waals surface area (Å²) in [7, 11) is 2.17. The summed E-state index contributed by atoms with van der Waals surface area (Å²) < 4.78 is 6.56. The first kappa shape index (κ1) is 33.6. The predicted octanol–water partition coefficient (Wildman–Crippen LogP) is 13.2. The third-order valence-corrected chi connectivity index (χ3v) is 12.5. The van der Waals surface area contributed by atoms with Crippen molar-refractivity contribution in [3.63, 3.8) is 0 Å². The molecule has 0 saturated carbocycles. The van der Waals surface area contributed by atoms with E-state index in [1.807, 2.05) is 6.07 Å². The summed E-state index contributed by atoms with van der Waals surface area (Å²) >= 11 is 0. The van der Waals surface area contributed by atoms with Crippen LogP contribution in [0.25, 0.3) is 61.0 Å². The van der Waals surface area contributed by atoms with Gasteiger partial charge in [0.1, 0.15) is 17.7 Å². The van der Waals surface area contributed by atoms with Crippen LogP contribution in [0.4, 0.5) is 0 Å². The zero-order chi connectivity index (χ0) is 38.3. The number of hydrogen-bond acceptors (Lipinski definition) is 3. The second-order valence-corrected chi connectivity index (χ2v) is 16.2. The average molecular weight is 735 g/mol. The molecule has 274 valence electrons. The van der Waals surface area contributed by atoms with Gasteiger partial charge >= 0.3 is 0 Å². The minimum atomic E-state index is -0.173. The Kier molecular flexibility index (Phi) is 7.64. The Bertz CT molecular complexity index is 2910. The lowest BCUT2D eigenvalue weighted by atomic mass is 9.78. The highest BCUT2D eigenvalue weighted by Crippen LogP contribution is 2.56. The van der Waals surface area contributed by atoms with Gasteiger partial charge in [0.2, 0.25) is 0 Å². The topological polar surface area (TPSA) is 24.5 Å². The molecule has 0 bridgehead atoms. The summed E-state index contributed by atoms with van der Waals surface area (Å²) in [6.07, 6.45) is -0.0655. The van der Waals surface area contributed by atoms with E-state index in [0.717, 1.165) is 22.8 Å². The van der Waals surface area contributed by atoms with Crippen LogP contribution in [0, 0.1) is 0 Å². The fraction of sp³-hybridized carbons (Fsp3) is 0.111. The van der Waals surface area contributed by atoms with Crippen LogP contribution in [0.3, 0.4) is 0 Å². The molecular weight excluding hydrogens is 693 g/mol. The van der Waals surface area contributed by atoms with Crippen molar-refractivity contribution in [2.45, 2.75) is 31.5 Å². The standard InChI is InChI=1S/C54H42N2O/c1-54(2)46-33-39(28-29-43(46)48-45(34-16-6-4-7-17-34)32-40-20-10-11-25-42(40)49(48)54)37-22-14-21-36(30-37)38-23-15-24-41(31-38)53-55-50-44-26-12-13-27-47(44)57-52(50)51(56(53)3)35-18-8-5-9-19-35/h4-33,50,53,55H,1-3H3. The summed E-state index contributed by atoms with van der Waals surface area (Å²) in [4.78, 5) is 2.33. The molecule has 8 aromatic rings. The van der Waals surface area contributed by atoms with Crippen LogP contribution in [0.2, 0.25) is 0 Å². The van der Waals surface area contributed by atoms with Crippen molar-refractivity contribution in [2.75, 3.05) is 7.05 Å². The Morgan fingerprint density at radius 1 is 0.544 bits per heavy atom. The maximum atomic E-state index is 6.56. The molecule has 2 atom stereocenters. The van der Waals surface area contributed by atoms with Crippen molar-refractivity contribution in [2.24, 2.45) is 0 Å². The zero-order valence-corrected chi connectivity index (χ0v) is 32.3. The average Bonchev–Trinajstić information content (AvgIpc) is 3.75. The van der Waals surface area contributed by atoms with Crippen molar-refractivity contribution in [3.05, 3.63) is 216 Å². The van der Waals surface area contributed by atoms with Crippen LogP contribution in [-0.2, 0) is 5.41 Å². The van der Waals surface area contributed by atoms with Gasteiger partial charge in [-0.2, -0.15) is 0 Å². The highest BCUT2D eigenvalue weighted by atomic mass is 16.5. The first-order chi connectivity index (χ1) is 27.9. The number of para-hydroxylation sites is 1. The van der Waals surface area contributed by atoms with Crippen LogP contribution in [0.5, 0.6) is 5.75 Å². The molecule has 2 heterocycles. The SMILES string of the molecule is CN1C(c2ccccc2)=C2Oc3ccccc3C2NC1c1cccc(-c2cccc(-c3ccc4c(c3)C(C)(C)c3c-4c(-c4ccccc4)cc4ccccc34)c2)c1. The van der Waals surface area contributed by atoms with Gasteiger partial charge in [-0.05, 0) is 102 Å². The Morgan fingerprint density at radius 3 is 1.96 bits per heavy atom. The number of ether oxygens (including phenoxy) is 1. The van der Waals surface area contributed by atoms with E-state index >= 15 is 0 Å². The van der Waals surface area contributed by atoms with Gasteiger partial charge in [0.15, 0.2) is 0 Å². The summed E-state index contributed by atoms with van der Waals surface area (Å²) in [5, 5.41) is 6.58. The fourth-order valence-electron chi connectivity index (χ4n) is 9.80. The Labute approximate surface area is 334 Å². The van der Waals surface area contributed by atoms with Crippen LogP contribution in [0.15, 0.2) is 188 Å². The summed E-state index contributed by atoms with van der Waals surface area (Å²) in [6, 6.07) is 66.3. The van der Waals surface area contributed by atoms with Gasteiger partial charge in [0, 0.05) is 23.6 Å². The minimum Gasteiger partial charge on any atom is -0.457 e. The third-order valence-electron chi connectivity index (χ3n) is 12.5. The maximum absolute atomic E-state index is 6.56. The second-order valence-electron chi connectivity index (χ2n) is 16.2. The van der Waals surface area contributed by atoms with Crippen LogP contribution < -0.4 is 10.1 Å². The molecule has 11 rings (SSSR count). The molecule has 3 heteroatoms. The van der Waals surface area contributed by atoms with E-state index in [2.05, 4.69) is 207 Å². The number of hydrogen-bond donors (Lipinski definition) is 1. The van der Waals surface area contributed by atoms with Crippen molar-refractivity contribution in [1.29, 1.82) is 0 Å². The molecule has 0 aromatic heterocycles. The van der Waals surface area contributed by atoms with Gasteiger partial charge in [0.05, 0.1) is 11.7 Å². The van der Waals surface area contributed by atoms with Gasteiger partial charge in [-0.15, -0.1) is 0 Å². The Morgan fingerprint density at radius 2 is 1.18 bits per heavy atom. The fourth-order valence-corrected chi connectivity index (χ4v) is 9.80. The molecule has 0 radical (unpaired) electrons. The molecule has 1 aliphatic carbocycles. The molecule has 0 saturated heterocycles. The quantitative estimate of drug-likeness (QED) is 0.191. The second kappa shape index (κ2) is 12.9. The number of fused-ring (bicyclic) bond motifs is 8. The van der Waals surface area contributed by atoms with E-state index in [4.69, 9.17) is 4.74 Å². The van der Waals surface area contributed by atoms with E-state index in [0.29, 0.717) is 0 Å². The van der Waals surface area contributed by atoms with Gasteiger partial charge in [-0.1, -0.05) is 166 Å². The molecular formula is C54H42N2O. The van der Waals surface area contributed by atoms with Crippen molar-refractivity contribution in [1.82, 2.24) is 10.2 Å². The molecule has 3 nitrogen and oxygen atoms in total. The molecule has 0 fully saturated rings. The predicted molar refractivity (Wildman–Crippen MR) is 235 cm³/mol. The molecule has 2 unspecified atom stereocenters. The van der Waals surface area contributed by atoms with E-state index in [1.165, 1.54) is 77.5 Å². The highest BCUT2D eigenvalue weighted by molar-refractivity contribution is 6.05. The number of rotatable bonds is 5. The zero-order valence-electron chi connectivity index (χ0n) is 32.3. The maximum Gasteiger partial charge on any atom is 0.150 e. The van der Waals surface area contributed by atoms with Crippen molar-refractivity contribution >= 4 is 16.5 Å². The van der Waals surface area contributed by atoms with Gasteiger partial charge in [-0.3, -0.25) is 5.32 Å². The number of nitrogens with zero attached hydrogens (tertiary/aromatic N) is 1. The lowest BCUT2D eigenvalue weighted by Gasteiger charge is -2.40. The Hall–Kier alpha value is -6.68. The molecule has 1 N–H and O–H groups in total. The van der Waals surface area contributed by atoms with E-state index in [9.17, 15) is 0 Å². The third kappa shape index (κ3) is 5.30.